The lowest BCUT2D eigenvalue weighted by Gasteiger charge is -2.35. The summed E-state index contributed by atoms with van der Waals surface area (Å²) in [5.41, 5.74) is 16.8. The average Bonchev–Trinajstić information content (AvgIpc) is 3.82. The predicted octanol–water partition coefficient (Wildman–Crippen LogP) is 14.8. The van der Waals surface area contributed by atoms with Gasteiger partial charge in [-0.25, -0.2) is 0 Å². The lowest BCUT2D eigenvalue weighted by atomic mass is 9.67. The van der Waals surface area contributed by atoms with Crippen LogP contribution >= 0.6 is 0 Å². The van der Waals surface area contributed by atoms with Crippen molar-refractivity contribution in [3.8, 4) is 33.4 Å². The molecule has 9 aromatic carbocycles. The Morgan fingerprint density at radius 3 is 1.54 bits per heavy atom. The Morgan fingerprint density at radius 1 is 0.333 bits per heavy atom. The number of hydrogen-bond donors (Lipinski definition) is 0. The lowest BCUT2D eigenvalue weighted by Crippen LogP contribution is -2.28. The molecule has 1 heterocycles. The summed E-state index contributed by atoms with van der Waals surface area (Å²) in [7, 11) is 0. The molecule has 1 aliphatic carbocycles. The monoisotopic (exact) mass is 727 g/mol. The van der Waals surface area contributed by atoms with E-state index in [9.17, 15) is 0 Å². The molecule has 0 aliphatic heterocycles. The number of rotatable bonds is 7. The fraction of sp³-hybridized carbons (Fsp3) is 0.0182. The Balaban J connectivity index is 1.09. The number of furan rings is 1. The van der Waals surface area contributed by atoms with Crippen molar-refractivity contribution in [2.45, 2.75) is 5.41 Å². The highest BCUT2D eigenvalue weighted by Gasteiger charge is 2.46. The summed E-state index contributed by atoms with van der Waals surface area (Å²) in [4.78, 5) is 2.38. The highest BCUT2D eigenvalue weighted by atomic mass is 16.3. The van der Waals surface area contributed by atoms with Crippen molar-refractivity contribution in [2.24, 2.45) is 0 Å². The first-order valence-electron chi connectivity index (χ1n) is 19.6. The molecule has 10 aromatic rings. The quantitative estimate of drug-likeness (QED) is 0.163. The summed E-state index contributed by atoms with van der Waals surface area (Å²) < 4.78 is 6.45. The van der Waals surface area contributed by atoms with Crippen LogP contribution in [0.15, 0.2) is 229 Å². The third kappa shape index (κ3) is 5.26. The lowest BCUT2D eigenvalue weighted by molar-refractivity contribution is 0.670. The van der Waals surface area contributed by atoms with E-state index in [0.29, 0.717) is 0 Å². The number of nitrogens with zero attached hydrogens (tertiary/aromatic N) is 1. The van der Waals surface area contributed by atoms with Gasteiger partial charge in [0.2, 0.25) is 0 Å². The van der Waals surface area contributed by atoms with E-state index in [1.807, 2.05) is 12.1 Å². The van der Waals surface area contributed by atoms with E-state index in [1.165, 1.54) is 44.5 Å². The van der Waals surface area contributed by atoms with Crippen molar-refractivity contribution in [2.75, 3.05) is 4.90 Å². The number of hydrogen-bond acceptors (Lipinski definition) is 2. The minimum Gasteiger partial charge on any atom is -0.455 e. The molecule has 0 bridgehead atoms. The topological polar surface area (TPSA) is 16.4 Å². The number of anilines is 3. The first-order chi connectivity index (χ1) is 28.3. The molecule has 2 heteroatoms. The van der Waals surface area contributed by atoms with Gasteiger partial charge in [0.05, 0.1) is 5.41 Å². The van der Waals surface area contributed by atoms with E-state index in [2.05, 4.69) is 217 Å². The highest BCUT2D eigenvalue weighted by molar-refractivity contribution is 6.09. The molecule has 0 fully saturated rings. The van der Waals surface area contributed by atoms with Gasteiger partial charge in [0.15, 0.2) is 0 Å². The normalized spacial score (nSPS) is 12.7. The largest absolute Gasteiger partial charge is 0.455 e. The highest BCUT2D eigenvalue weighted by Crippen LogP contribution is 2.56. The predicted molar refractivity (Wildman–Crippen MR) is 237 cm³/mol. The minimum atomic E-state index is -0.498. The molecule has 1 aromatic heterocycles. The summed E-state index contributed by atoms with van der Waals surface area (Å²) in [6.45, 7) is 0. The zero-order chi connectivity index (χ0) is 37.8. The van der Waals surface area contributed by atoms with Gasteiger partial charge < -0.3 is 9.32 Å². The molecular weight excluding hydrogens is 691 g/mol. The third-order valence-corrected chi connectivity index (χ3v) is 11.8. The van der Waals surface area contributed by atoms with Crippen molar-refractivity contribution >= 4 is 39.0 Å². The molecule has 0 saturated carbocycles. The fourth-order valence-corrected chi connectivity index (χ4v) is 9.24. The van der Waals surface area contributed by atoms with Crippen LogP contribution in [-0.2, 0) is 5.41 Å². The molecule has 11 rings (SSSR count). The van der Waals surface area contributed by atoms with Crippen LogP contribution in [0.4, 0.5) is 17.1 Å². The van der Waals surface area contributed by atoms with Gasteiger partial charge in [0.25, 0.3) is 0 Å². The molecule has 0 atom stereocenters. The number of fused-ring (bicyclic) bond motifs is 6. The van der Waals surface area contributed by atoms with Gasteiger partial charge in [0, 0.05) is 33.4 Å². The minimum absolute atomic E-state index is 0.498. The van der Waals surface area contributed by atoms with E-state index < -0.39 is 5.41 Å². The third-order valence-electron chi connectivity index (χ3n) is 11.8. The van der Waals surface area contributed by atoms with Crippen LogP contribution in [0.2, 0.25) is 0 Å². The van der Waals surface area contributed by atoms with Crippen LogP contribution in [0.1, 0.15) is 22.3 Å². The van der Waals surface area contributed by atoms with Crippen molar-refractivity contribution in [1.82, 2.24) is 0 Å². The number of para-hydroxylation sites is 2. The van der Waals surface area contributed by atoms with E-state index in [1.54, 1.807) is 0 Å². The first kappa shape index (κ1) is 33.0. The van der Waals surface area contributed by atoms with Gasteiger partial charge in [-0.05, 0) is 92.5 Å². The molecule has 268 valence electrons. The molecule has 0 saturated heterocycles. The maximum atomic E-state index is 6.45. The van der Waals surface area contributed by atoms with E-state index in [0.717, 1.165) is 50.1 Å². The van der Waals surface area contributed by atoms with Gasteiger partial charge in [-0.15, -0.1) is 0 Å². The summed E-state index contributed by atoms with van der Waals surface area (Å²) in [5.74, 6) is 0. The maximum Gasteiger partial charge on any atom is 0.143 e. The van der Waals surface area contributed by atoms with Crippen LogP contribution in [-0.4, -0.2) is 0 Å². The molecule has 0 radical (unpaired) electrons. The van der Waals surface area contributed by atoms with Crippen molar-refractivity contribution in [3.63, 3.8) is 0 Å². The summed E-state index contributed by atoms with van der Waals surface area (Å²) in [6, 6.07) is 81.2. The molecular formula is C55H37NO. The van der Waals surface area contributed by atoms with Crippen LogP contribution in [0.25, 0.3) is 55.3 Å². The van der Waals surface area contributed by atoms with Gasteiger partial charge >= 0.3 is 0 Å². The standard InChI is InChI=1S/C55H37NO/c1-3-15-38(16-4-1)39-29-33-43(34-30-39)56(44-35-31-40(32-36-44)46-24-14-25-50-49-23-9-12-28-53(49)57-54(46)50)45-20-13-19-42(37-45)55(41-17-5-2-6-18-41)51-26-10-7-21-47(51)48-22-8-11-27-52(48)55/h1-37H. The average molecular weight is 728 g/mol. The van der Waals surface area contributed by atoms with Crippen molar-refractivity contribution in [3.05, 3.63) is 247 Å². The van der Waals surface area contributed by atoms with Gasteiger partial charge in [-0.3, -0.25) is 0 Å². The Morgan fingerprint density at radius 2 is 0.842 bits per heavy atom. The van der Waals surface area contributed by atoms with Crippen LogP contribution < -0.4 is 4.90 Å². The van der Waals surface area contributed by atoms with Crippen LogP contribution in [0.3, 0.4) is 0 Å². The van der Waals surface area contributed by atoms with Crippen molar-refractivity contribution < 1.29 is 4.42 Å². The van der Waals surface area contributed by atoms with E-state index in [-0.39, 0.29) is 0 Å². The Kier molecular flexibility index (Phi) is 7.75. The van der Waals surface area contributed by atoms with E-state index >= 15 is 0 Å². The Hall–Kier alpha value is -7.42. The molecule has 57 heavy (non-hydrogen) atoms. The Bertz CT molecular complexity index is 3010. The van der Waals surface area contributed by atoms with Crippen LogP contribution in [0, 0.1) is 0 Å². The maximum absolute atomic E-state index is 6.45. The van der Waals surface area contributed by atoms with Gasteiger partial charge in [-0.1, -0.05) is 182 Å². The molecule has 0 spiro atoms. The van der Waals surface area contributed by atoms with Crippen molar-refractivity contribution in [1.29, 1.82) is 0 Å². The second kappa shape index (κ2) is 13.4. The summed E-state index contributed by atoms with van der Waals surface area (Å²) >= 11 is 0. The second-order valence-corrected chi connectivity index (χ2v) is 14.8. The van der Waals surface area contributed by atoms with Gasteiger partial charge in [0.1, 0.15) is 11.2 Å². The molecule has 2 nitrogen and oxygen atoms in total. The second-order valence-electron chi connectivity index (χ2n) is 14.8. The molecule has 0 amide bonds. The smallest absolute Gasteiger partial charge is 0.143 e. The Labute approximate surface area is 332 Å². The SMILES string of the molecule is c1ccc(-c2ccc(N(c3ccc(-c4cccc5c4oc4ccccc45)cc3)c3cccc(C4(c5ccccc5)c5ccccc5-c5ccccc54)c3)cc2)cc1. The summed E-state index contributed by atoms with van der Waals surface area (Å²) in [5, 5.41) is 2.27. The molecule has 0 unspecified atom stereocenters. The zero-order valence-corrected chi connectivity index (χ0v) is 31.2. The van der Waals surface area contributed by atoms with Crippen LogP contribution in [0.5, 0.6) is 0 Å². The van der Waals surface area contributed by atoms with Gasteiger partial charge in [-0.2, -0.15) is 0 Å². The zero-order valence-electron chi connectivity index (χ0n) is 31.2. The molecule has 0 N–H and O–H groups in total. The fourth-order valence-electron chi connectivity index (χ4n) is 9.24. The number of benzene rings is 9. The summed E-state index contributed by atoms with van der Waals surface area (Å²) in [6.07, 6.45) is 0. The molecule has 1 aliphatic rings. The first-order valence-corrected chi connectivity index (χ1v) is 19.6. The van der Waals surface area contributed by atoms with E-state index in [4.69, 9.17) is 4.42 Å².